The van der Waals surface area contributed by atoms with Gasteiger partial charge in [-0.05, 0) is 44.9 Å². The minimum absolute atomic E-state index is 0. The normalized spacial score (nSPS) is 15.0. The summed E-state index contributed by atoms with van der Waals surface area (Å²) >= 11 is 0. The van der Waals surface area contributed by atoms with Gasteiger partial charge in [0.05, 0.1) is 13.7 Å². The fourth-order valence-electron chi connectivity index (χ4n) is 3.41. The molecule has 0 radical (unpaired) electrons. The lowest BCUT2D eigenvalue weighted by molar-refractivity contribution is 0.252. The van der Waals surface area contributed by atoms with Gasteiger partial charge in [0.1, 0.15) is 5.75 Å². The number of rotatable bonds is 9. The number of guanidine groups is 1. The van der Waals surface area contributed by atoms with Gasteiger partial charge in [0, 0.05) is 25.7 Å². The van der Waals surface area contributed by atoms with Crippen LogP contribution in [0.4, 0.5) is 0 Å². The lowest BCUT2D eigenvalue weighted by atomic mass is 10.1. The van der Waals surface area contributed by atoms with E-state index < -0.39 is 0 Å². The monoisotopic (exact) mass is 474 g/mol. The highest BCUT2D eigenvalue weighted by Crippen LogP contribution is 2.21. The quantitative estimate of drug-likeness (QED) is 0.328. The Bertz CT molecular complexity index is 532. The second-order valence-electron chi connectivity index (χ2n) is 6.67. The molecule has 1 aliphatic carbocycles. The summed E-state index contributed by atoms with van der Waals surface area (Å²) in [4.78, 5) is 7.19. The maximum Gasteiger partial charge on any atom is 0.191 e. The molecule has 0 unspecified atom stereocenters. The van der Waals surface area contributed by atoms with E-state index in [-0.39, 0.29) is 24.0 Å². The van der Waals surface area contributed by atoms with Crippen molar-refractivity contribution >= 4 is 29.9 Å². The Kier molecular flexibility index (Phi) is 11.7. The number of methoxy groups -OCH3 is 1. The number of halogens is 1. The molecule has 2 rings (SSSR count). The summed E-state index contributed by atoms with van der Waals surface area (Å²) in [6.07, 6.45) is 6.36. The number of nitrogens with one attached hydrogen (secondary N) is 2. The molecule has 1 saturated carbocycles. The molecular formula is C20H35IN4O. The topological polar surface area (TPSA) is 48.9 Å². The molecule has 0 spiro atoms. The number of benzene rings is 1. The molecule has 1 aliphatic rings. The van der Waals surface area contributed by atoms with E-state index >= 15 is 0 Å². The lowest BCUT2D eigenvalue weighted by Gasteiger charge is -2.23. The molecule has 1 aromatic carbocycles. The fourth-order valence-corrected chi connectivity index (χ4v) is 3.41. The molecule has 0 aromatic heterocycles. The van der Waals surface area contributed by atoms with E-state index in [2.05, 4.69) is 41.6 Å². The van der Waals surface area contributed by atoms with Crippen molar-refractivity contribution in [3.63, 3.8) is 0 Å². The van der Waals surface area contributed by atoms with Crippen LogP contribution < -0.4 is 15.4 Å². The second kappa shape index (κ2) is 13.2. The average molecular weight is 474 g/mol. The SMILES string of the molecule is CCNC(=NCCN(C)C1CCCC1)NCCc1ccccc1OC.I. The van der Waals surface area contributed by atoms with Gasteiger partial charge >= 0.3 is 0 Å². The van der Waals surface area contributed by atoms with Crippen molar-refractivity contribution in [1.82, 2.24) is 15.5 Å². The first-order valence-corrected chi connectivity index (χ1v) is 9.59. The van der Waals surface area contributed by atoms with Crippen LogP contribution in [0.3, 0.4) is 0 Å². The molecule has 0 saturated heterocycles. The highest BCUT2D eigenvalue weighted by Gasteiger charge is 2.18. The number of hydrogen-bond donors (Lipinski definition) is 2. The third-order valence-corrected chi connectivity index (χ3v) is 4.89. The average Bonchev–Trinajstić information content (AvgIpc) is 3.17. The van der Waals surface area contributed by atoms with Crippen molar-refractivity contribution in [1.29, 1.82) is 0 Å². The van der Waals surface area contributed by atoms with Gasteiger partial charge in [-0.2, -0.15) is 0 Å². The zero-order chi connectivity index (χ0) is 17.9. The Morgan fingerprint density at radius 1 is 1.23 bits per heavy atom. The van der Waals surface area contributed by atoms with Gasteiger partial charge in [-0.1, -0.05) is 31.0 Å². The van der Waals surface area contributed by atoms with Crippen LogP contribution in [0, 0.1) is 0 Å². The number of para-hydroxylation sites is 1. The van der Waals surface area contributed by atoms with Gasteiger partial charge in [0.2, 0.25) is 0 Å². The second-order valence-corrected chi connectivity index (χ2v) is 6.67. The zero-order valence-electron chi connectivity index (χ0n) is 16.5. The minimum Gasteiger partial charge on any atom is -0.496 e. The summed E-state index contributed by atoms with van der Waals surface area (Å²) in [5.74, 6) is 1.85. The van der Waals surface area contributed by atoms with E-state index in [1.165, 1.54) is 31.2 Å². The summed E-state index contributed by atoms with van der Waals surface area (Å²) in [7, 11) is 3.95. The maximum absolute atomic E-state index is 5.41. The molecular weight excluding hydrogens is 439 g/mol. The standard InChI is InChI=1S/C20H34N4O.HI/c1-4-21-20(23-15-16-24(2)18-10-6-7-11-18)22-14-13-17-9-5-8-12-19(17)25-3;/h5,8-9,12,18H,4,6-7,10-11,13-16H2,1-3H3,(H2,21,22,23);1H. The van der Waals surface area contributed by atoms with Crippen LogP contribution in [-0.2, 0) is 6.42 Å². The Balaban J connectivity index is 0.00000338. The number of ether oxygens (including phenoxy) is 1. The number of aliphatic imine (C=N–C) groups is 1. The highest BCUT2D eigenvalue weighted by atomic mass is 127. The Morgan fingerprint density at radius 2 is 1.96 bits per heavy atom. The maximum atomic E-state index is 5.41. The van der Waals surface area contributed by atoms with E-state index in [0.717, 1.165) is 50.4 Å². The molecule has 1 aromatic rings. The van der Waals surface area contributed by atoms with Gasteiger partial charge in [0.25, 0.3) is 0 Å². The van der Waals surface area contributed by atoms with Crippen LogP contribution in [0.1, 0.15) is 38.2 Å². The van der Waals surface area contributed by atoms with Crippen LogP contribution in [0.15, 0.2) is 29.3 Å². The first-order chi connectivity index (χ1) is 12.2. The molecule has 0 amide bonds. The predicted octanol–water partition coefficient (Wildman–Crippen LogP) is 3.29. The van der Waals surface area contributed by atoms with Crippen LogP contribution in [0.25, 0.3) is 0 Å². The first kappa shape index (κ1) is 23.0. The molecule has 0 bridgehead atoms. The summed E-state index contributed by atoms with van der Waals surface area (Å²) in [5, 5.41) is 6.76. The van der Waals surface area contributed by atoms with Crippen LogP contribution in [-0.4, -0.2) is 57.2 Å². The van der Waals surface area contributed by atoms with Crippen molar-refractivity contribution < 1.29 is 4.74 Å². The molecule has 5 nitrogen and oxygen atoms in total. The molecule has 1 fully saturated rings. The van der Waals surface area contributed by atoms with Crippen LogP contribution >= 0.6 is 24.0 Å². The third-order valence-electron chi connectivity index (χ3n) is 4.89. The van der Waals surface area contributed by atoms with Crippen molar-refractivity contribution in [3.8, 4) is 5.75 Å². The summed E-state index contributed by atoms with van der Waals surface area (Å²) in [6, 6.07) is 8.93. The summed E-state index contributed by atoms with van der Waals surface area (Å²) < 4.78 is 5.41. The lowest BCUT2D eigenvalue weighted by Crippen LogP contribution is -2.39. The van der Waals surface area contributed by atoms with Gasteiger partial charge in [-0.3, -0.25) is 4.99 Å². The Hall–Kier alpha value is -1.02. The van der Waals surface area contributed by atoms with E-state index in [9.17, 15) is 0 Å². The number of likely N-dealkylation sites (N-methyl/N-ethyl adjacent to an activating group) is 1. The third kappa shape index (κ3) is 7.70. The predicted molar refractivity (Wildman–Crippen MR) is 121 cm³/mol. The molecule has 148 valence electrons. The van der Waals surface area contributed by atoms with Crippen molar-refractivity contribution in [2.24, 2.45) is 4.99 Å². The van der Waals surface area contributed by atoms with Crippen molar-refractivity contribution in [2.45, 2.75) is 45.1 Å². The van der Waals surface area contributed by atoms with Crippen molar-refractivity contribution in [3.05, 3.63) is 29.8 Å². The minimum atomic E-state index is 0. The first-order valence-electron chi connectivity index (χ1n) is 9.59. The van der Waals surface area contributed by atoms with E-state index in [1.54, 1.807) is 7.11 Å². The summed E-state index contributed by atoms with van der Waals surface area (Å²) in [5.41, 5.74) is 1.22. The zero-order valence-corrected chi connectivity index (χ0v) is 18.8. The van der Waals surface area contributed by atoms with E-state index in [4.69, 9.17) is 9.73 Å². The molecule has 26 heavy (non-hydrogen) atoms. The highest BCUT2D eigenvalue weighted by molar-refractivity contribution is 14.0. The Morgan fingerprint density at radius 3 is 2.65 bits per heavy atom. The molecule has 0 atom stereocenters. The molecule has 6 heteroatoms. The summed E-state index contributed by atoms with van der Waals surface area (Å²) in [6.45, 7) is 5.66. The van der Waals surface area contributed by atoms with Gasteiger partial charge in [0.15, 0.2) is 5.96 Å². The van der Waals surface area contributed by atoms with E-state index in [0.29, 0.717) is 0 Å². The van der Waals surface area contributed by atoms with Gasteiger partial charge in [-0.15, -0.1) is 24.0 Å². The smallest absolute Gasteiger partial charge is 0.191 e. The van der Waals surface area contributed by atoms with Gasteiger partial charge < -0.3 is 20.3 Å². The van der Waals surface area contributed by atoms with Crippen LogP contribution in [0.5, 0.6) is 5.75 Å². The Labute approximate surface area is 176 Å². The largest absolute Gasteiger partial charge is 0.496 e. The molecule has 0 aliphatic heterocycles. The van der Waals surface area contributed by atoms with Crippen molar-refractivity contribution in [2.75, 3.05) is 40.3 Å². The van der Waals surface area contributed by atoms with E-state index in [1.807, 2.05) is 12.1 Å². The molecule has 0 heterocycles. The number of nitrogens with zero attached hydrogens (tertiary/aromatic N) is 2. The number of hydrogen-bond acceptors (Lipinski definition) is 3. The molecule has 2 N–H and O–H groups in total. The fraction of sp³-hybridized carbons (Fsp3) is 0.650. The van der Waals surface area contributed by atoms with Crippen LogP contribution in [0.2, 0.25) is 0 Å². The van der Waals surface area contributed by atoms with Gasteiger partial charge in [-0.25, -0.2) is 0 Å².